The van der Waals surface area contributed by atoms with Gasteiger partial charge >= 0.3 is 0 Å². The van der Waals surface area contributed by atoms with E-state index in [-0.39, 0.29) is 0 Å². The van der Waals surface area contributed by atoms with Crippen molar-refractivity contribution in [1.82, 2.24) is 4.98 Å². The minimum Gasteiger partial charge on any atom is -0.437 e. The summed E-state index contributed by atoms with van der Waals surface area (Å²) < 4.78 is 8.75. The molecular formula is C28H33N2O+. The zero-order valence-electron chi connectivity index (χ0n) is 19.5. The van der Waals surface area contributed by atoms with E-state index in [2.05, 4.69) is 75.8 Å². The lowest BCUT2D eigenvalue weighted by atomic mass is 9.86. The third kappa shape index (κ3) is 3.44. The van der Waals surface area contributed by atoms with Crippen LogP contribution in [0.2, 0.25) is 0 Å². The number of nitrogens with zero attached hydrogens (tertiary/aromatic N) is 2. The molecule has 0 saturated heterocycles. The van der Waals surface area contributed by atoms with Crippen molar-refractivity contribution in [2.75, 3.05) is 0 Å². The van der Waals surface area contributed by atoms with E-state index >= 15 is 0 Å². The van der Waals surface area contributed by atoms with Crippen molar-refractivity contribution in [3.05, 3.63) is 58.9 Å². The van der Waals surface area contributed by atoms with Crippen LogP contribution in [0.4, 0.5) is 0 Å². The van der Waals surface area contributed by atoms with Crippen molar-refractivity contribution in [1.29, 1.82) is 0 Å². The van der Waals surface area contributed by atoms with Gasteiger partial charge in [0.05, 0.1) is 5.56 Å². The normalized spacial score (nSPS) is 15.4. The molecule has 3 heterocycles. The molecule has 0 unspecified atom stereocenters. The van der Waals surface area contributed by atoms with Gasteiger partial charge in [-0.25, -0.2) is 9.55 Å². The van der Waals surface area contributed by atoms with Gasteiger partial charge in [0.1, 0.15) is 7.05 Å². The predicted molar refractivity (Wildman–Crippen MR) is 128 cm³/mol. The molecule has 160 valence electrons. The molecule has 1 aliphatic carbocycles. The van der Waals surface area contributed by atoms with E-state index in [1.54, 1.807) is 0 Å². The highest BCUT2D eigenvalue weighted by atomic mass is 16.3. The van der Waals surface area contributed by atoms with Crippen molar-refractivity contribution in [2.45, 2.75) is 71.6 Å². The molecule has 5 rings (SSSR count). The fourth-order valence-corrected chi connectivity index (χ4v) is 5.40. The van der Waals surface area contributed by atoms with Gasteiger partial charge in [-0.05, 0) is 55.9 Å². The first-order valence-electron chi connectivity index (χ1n) is 11.8. The Morgan fingerprint density at radius 1 is 0.968 bits per heavy atom. The topological polar surface area (TPSA) is 29.9 Å². The zero-order chi connectivity index (χ0) is 21.7. The summed E-state index contributed by atoms with van der Waals surface area (Å²) in [6.07, 6.45) is 8.76. The molecule has 4 aromatic rings. The number of furan rings is 1. The minimum absolute atomic E-state index is 0.505. The predicted octanol–water partition coefficient (Wildman–Crippen LogP) is 7.26. The highest BCUT2D eigenvalue weighted by molar-refractivity contribution is 6.08. The van der Waals surface area contributed by atoms with E-state index in [0.717, 1.165) is 22.1 Å². The summed E-state index contributed by atoms with van der Waals surface area (Å²) in [5.74, 6) is 1.09. The molecule has 3 nitrogen and oxygen atoms in total. The molecule has 1 saturated carbocycles. The quantitative estimate of drug-likeness (QED) is 0.331. The summed E-state index contributed by atoms with van der Waals surface area (Å²) in [4.78, 5) is 5.00. The van der Waals surface area contributed by atoms with Gasteiger partial charge in [-0.3, -0.25) is 0 Å². The molecule has 0 spiro atoms. The second kappa shape index (κ2) is 7.78. The minimum atomic E-state index is 0.505. The lowest BCUT2D eigenvalue weighted by Crippen LogP contribution is -2.32. The SMILES string of the molecule is Cc1cc(-c2c(C)ccc3c2oc2nc(C4CCCCC4)ccc23)[n+](C)cc1C(C)C. The maximum atomic E-state index is 6.50. The molecule has 3 heteroatoms. The van der Waals surface area contributed by atoms with Gasteiger partial charge in [0.15, 0.2) is 11.8 Å². The Bertz CT molecular complexity index is 1280. The molecule has 1 fully saturated rings. The first kappa shape index (κ1) is 20.2. The fourth-order valence-electron chi connectivity index (χ4n) is 5.40. The van der Waals surface area contributed by atoms with Crippen molar-refractivity contribution < 1.29 is 8.98 Å². The van der Waals surface area contributed by atoms with Crippen LogP contribution in [0.25, 0.3) is 33.3 Å². The number of hydrogen-bond acceptors (Lipinski definition) is 2. The standard InChI is InChI=1S/C28H33N2O/c1-17(2)23-16-30(5)25(15-19(23)4)26-18(3)11-12-21-22-13-14-24(20-9-7-6-8-10-20)29-28(22)31-27(21)26/h11-17,20H,6-10H2,1-5H3/q+1. The summed E-state index contributed by atoms with van der Waals surface area (Å²) in [7, 11) is 2.14. The zero-order valence-corrected chi connectivity index (χ0v) is 19.5. The van der Waals surface area contributed by atoms with Crippen molar-refractivity contribution >= 4 is 22.1 Å². The van der Waals surface area contributed by atoms with Gasteiger partial charge in [0.2, 0.25) is 11.4 Å². The highest BCUT2D eigenvalue weighted by Gasteiger charge is 2.24. The second-order valence-corrected chi connectivity index (χ2v) is 9.72. The molecule has 3 aromatic heterocycles. The van der Waals surface area contributed by atoms with Crippen molar-refractivity contribution in [2.24, 2.45) is 7.05 Å². The molecule has 1 aromatic carbocycles. The average molecular weight is 414 g/mol. The summed E-state index contributed by atoms with van der Waals surface area (Å²) in [5, 5.41) is 2.28. The van der Waals surface area contributed by atoms with E-state index in [9.17, 15) is 0 Å². The molecule has 0 atom stereocenters. The van der Waals surface area contributed by atoms with Crippen LogP contribution in [-0.4, -0.2) is 4.98 Å². The van der Waals surface area contributed by atoms with E-state index < -0.39 is 0 Å². The monoisotopic (exact) mass is 413 g/mol. The van der Waals surface area contributed by atoms with Gasteiger partial charge in [0, 0.05) is 34.0 Å². The van der Waals surface area contributed by atoms with Gasteiger partial charge in [-0.15, -0.1) is 0 Å². The number of aryl methyl sites for hydroxylation is 3. The van der Waals surface area contributed by atoms with Crippen LogP contribution in [0.1, 0.15) is 80.2 Å². The molecule has 0 bridgehead atoms. The van der Waals surface area contributed by atoms with Gasteiger partial charge in [-0.1, -0.05) is 45.2 Å². The van der Waals surface area contributed by atoms with Gasteiger partial charge < -0.3 is 4.42 Å². The van der Waals surface area contributed by atoms with E-state index in [0.29, 0.717) is 11.8 Å². The van der Waals surface area contributed by atoms with Crippen LogP contribution in [0.3, 0.4) is 0 Å². The summed E-state index contributed by atoms with van der Waals surface area (Å²) in [6, 6.07) is 11.2. The number of fused-ring (bicyclic) bond motifs is 3. The Morgan fingerprint density at radius 2 is 1.71 bits per heavy atom. The Labute approximate surface area is 185 Å². The number of hydrogen-bond donors (Lipinski definition) is 0. The van der Waals surface area contributed by atoms with E-state index in [4.69, 9.17) is 9.40 Å². The van der Waals surface area contributed by atoms with Crippen LogP contribution < -0.4 is 4.57 Å². The Kier molecular flexibility index (Phi) is 5.08. The van der Waals surface area contributed by atoms with Crippen molar-refractivity contribution in [3.8, 4) is 11.3 Å². The van der Waals surface area contributed by atoms with E-state index in [1.165, 1.54) is 65.7 Å². The Morgan fingerprint density at radius 3 is 2.45 bits per heavy atom. The van der Waals surface area contributed by atoms with Crippen molar-refractivity contribution in [3.63, 3.8) is 0 Å². The van der Waals surface area contributed by atoms with Crippen LogP contribution in [0, 0.1) is 13.8 Å². The lowest BCUT2D eigenvalue weighted by Gasteiger charge is -2.20. The summed E-state index contributed by atoms with van der Waals surface area (Å²) >= 11 is 0. The fraction of sp³-hybridized carbons (Fsp3) is 0.429. The number of benzene rings is 1. The van der Waals surface area contributed by atoms with Gasteiger partial charge in [0.25, 0.3) is 0 Å². The smallest absolute Gasteiger partial charge is 0.227 e. The average Bonchev–Trinajstić information content (AvgIpc) is 3.13. The third-order valence-corrected chi connectivity index (χ3v) is 7.16. The largest absolute Gasteiger partial charge is 0.437 e. The van der Waals surface area contributed by atoms with Crippen LogP contribution in [-0.2, 0) is 7.05 Å². The Hall–Kier alpha value is -2.68. The number of aromatic nitrogens is 2. The van der Waals surface area contributed by atoms with Crippen LogP contribution in [0.15, 0.2) is 40.9 Å². The van der Waals surface area contributed by atoms with E-state index in [1.807, 2.05) is 0 Å². The molecule has 0 amide bonds. The molecular weight excluding hydrogens is 380 g/mol. The maximum Gasteiger partial charge on any atom is 0.227 e. The first-order valence-corrected chi connectivity index (χ1v) is 11.8. The molecule has 31 heavy (non-hydrogen) atoms. The number of pyridine rings is 2. The maximum absolute atomic E-state index is 6.50. The third-order valence-electron chi connectivity index (χ3n) is 7.16. The second-order valence-electron chi connectivity index (χ2n) is 9.72. The molecule has 0 aliphatic heterocycles. The summed E-state index contributed by atoms with van der Waals surface area (Å²) in [5.41, 5.74) is 9.25. The molecule has 0 N–H and O–H groups in total. The van der Waals surface area contributed by atoms with Crippen LogP contribution in [0.5, 0.6) is 0 Å². The molecule has 0 radical (unpaired) electrons. The first-order chi connectivity index (χ1) is 14.9. The highest BCUT2D eigenvalue weighted by Crippen LogP contribution is 2.38. The van der Waals surface area contributed by atoms with Crippen LogP contribution >= 0.6 is 0 Å². The lowest BCUT2D eigenvalue weighted by molar-refractivity contribution is -0.660. The van der Waals surface area contributed by atoms with Gasteiger partial charge in [-0.2, -0.15) is 0 Å². The molecule has 1 aliphatic rings. The summed E-state index contributed by atoms with van der Waals surface area (Å²) in [6.45, 7) is 8.89. The Balaban J connectivity index is 1.70. The number of rotatable bonds is 3.